The molecule has 2 atom stereocenters. The van der Waals surface area contributed by atoms with Crippen LogP contribution in [0.3, 0.4) is 0 Å². The van der Waals surface area contributed by atoms with Crippen molar-refractivity contribution < 1.29 is 14.2 Å². The Hall–Kier alpha value is -2.21. The van der Waals surface area contributed by atoms with Crippen LogP contribution in [0.25, 0.3) is 0 Å². The smallest absolute Gasteiger partial charge is 0.229 e. The number of methoxy groups -OCH3 is 1. The van der Waals surface area contributed by atoms with E-state index in [9.17, 15) is 9.50 Å². The third-order valence-electron chi connectivity index (χ3n) is 3.80. The lowest BCUT2D eigenvalue weighted by Gasteiger charge is -2.25. The molecule has 1 aliphatic rings. The molecule has 5 nitrogen and oxygen atoms in total. The summed E-state index contributed by atoms with van der Waals surface area (Å²) < 4.78 is 18.7. The number of aliphatic hydroxyl groups is 1. The van der Waals surface area contributed by atoms with Gasteiger partial charge in [-0.1, -0.05) is 12.1 Å². The lowest BCUT2D eigenvalue weighted by Crippen LogP contribution is -2.26. The van der Waals surface area contributed by atoms with Crippen molar-refractivity contribution >= 4 is 5.95 Å². The summed E-state index contributed by atoms with van der Waals surface area (Å²) in [6.07, 6.45) is 0.0201. The second-order valence-corrected chi connectivity index (χ2v) is 5.46. The molecule has 22 heavy (non-hydrogen) atoms. The highest BCUT2D eigenvalue weighted by Gasteiger charge is 2.34. The van der Waals surface area contributed by atoms with Gasteiger partial charge in [0.2, 0.25) is 11.8 Å². The van der Waals surface area contributed by atoms with Gasteiger partial charge in [0.25, 0.3) is 0 Å². The maximum absolute atomic E-state index is 13.5. The van der Waals surface area contributed by atoms with E-state index in [0.717, 1.165) is 11.3 Å². The molecule has 1 fully saturated rings. The Kier molecular flexibility index (Phi) is 3.94. The van der Waals surface area contributed by atoms with Crippen molar-refractivity contribution in [2.45, 2.75) is 25.5 Å². The van der Waals surface area contributed by atoms with Crippen molar-refractivity contribution in [1.82, 2.24) is 9.97 Å². The molecule has 1 aromatic heterocycles. The maximum Gasteiger partial charge on any atom is 0.229 e. The summed E-state index contributed by atoms with van der Waals surface area (Å²) in [4.78, 5) is 10.7. The van der Waals surface area contributed by atoms with E-state index < -0.39 is 6.10 Å². The molecule has 0 radical (unpaired) electrons. The second kappa shape index (κ2) is 5.88. The van der Waals surface area contributed by atoms with Gasteiger partial charge in [0.1, 0.15) is 5.82 Å². The predicted octanol–water partition coefficient (Wildman–Crippen LogP) is 2.25. The number of ether oxygens (including phenoxy) is 1. The first kappa shape index (κ1) is 14.7. The number of aryl methyl sites for hydroxylation is 1. The number of aliphatic hydroxyl groups excluding tert-OH is 1. The van der Waals surface area contributed by atoms with Gasteiger partial charge in [-0.3, -0.25) is 0 Å². The summed E-state index contributed by atoms with van der Waals surface area (Å²) >= 11 is 0. The van der Waals surface area contributed by atoms with Gasteiger partial charge in [0.15, 0.2) is 0 Å². The van der Waals surface area contributed by atoms with Crippen LogP contribution in [0.1, 0.15) is 23.7 Å². The zero-order valence-corrected chi connectivity index (χ0v) is 12.5. The number of benzene rings is 1. The van der Waals surface area contributed by atoms with Crippen molar-refractivity contribution in [3.8, 4) is 5.88 Å². The van der Waals surface area contributed by atoms with Gasteiger partial charge < -0.3 is 14.7 Å². The fraction of sp³-hybridized carbons (Fsp3) is 0.375. The molecule has 1 N–H and O–H groups in total. The average molecular weight is 303 g/mol. The molecule has 116 valence electrons. The quantitative estimate of drug-likeness (QED) is 0.942. The van der Waals surface area contributed by atoms with Gasteiger partial charge in [-0.2, -0.15) is 4.98 Å². The molecular weight excluding hydrogens is 285 g/mol. The van der Waals surface area contributed by atoms with Crippen LogP contribution in [0, 0.1) is 12.7 Å². The topological polar surface area (TPSA) is 58.5 Å². The largest absolute Gasteiger partial charge is 0.481 e. The Balaban J connectivity index is 1.99. The van der Waals surface area contributed by atoms with E-state index in [-0.39, 0.29) is 11.9 Å². The number of β-amino-alcohol motifs (C(OH)–C–C–N with tert-alkyl or cyclic N) is 1. The number of nitrogens with zero attached hydrogens (tertiary/aromatic N) is 3. The van der Waals surface area contributed by atoms with Crippen LogP contribution in [0.2, 0.25) is 0 Å². The fourth-order valence-corrected chi connectivity index (χ4v) is 2.82. The minimum Gasteiger partial charge on any atom is -0.481 e. The van der Waals surface area contributed by atoms with Crippen molar-refractivity contribution in [2.24, 2.45) is 0 Å². The van der Waals surface area contributed by atoms with Crippen LogP contribution in [0.5, 0.6) is 5.88 Å². The minimum absolute atomic E-state index is 0.155. The molecule has 0 saturated carbocycles. The van der Waals surface area contributed by atoms with Gasteiger partial charge in [-0.15, -0.1) is 0 Å². The molecule has 2 heterocycles. The second-order valence-electron chi connectivity index (χ2n) is 5.46. The van der Waals surface area contributed by atoms with Crippen LogP contribution >= 0.6 is 0 Å². The Morgan fingerprint density at radius 3 is 2.86 bits per heavy atom. The maximum atomic E-state index is 13.5. The summed E-state index contributed by atoms with van der Waals surface area (Å²) in [5.41, 5.74) is 1.59. The highest BCUT2D eigenvalue weighted by Crippen LogP contribution is 2.35. The number of aromatic nitrogens is 2. The van der Waals surface area contributed by atoms with E-state index in [2.05, 4.69) is 9.97 Å². The zero-order valence-electron chi connectivity index (χ0n) is 12.5. The average Bonchev–Trinajstić information content (AvgIpc) is 2.88. The number of anilines is 1. The molecular formula is C16H18FN3O2. The Bertz CT molecular complexity index is 680. The first-order chi connectivity index (χ1) is 10.6. The van der Waals surface area contributed by atoms with Crippen molar-refractivity contribution in [2.75, 3.05) is 18.6 Å². The molecule has 1 aliphatic heterocycles. The summed E-state index contributed by atoms with van der Waals surface area (Å²) in [6.45, 7) is 2.27. The Morgan fingerprint density at radius 2 is 2.14 bits per heavy atom. The van der Waals surface area contributed by atoms with E-state index in [0.29, 0.717) is 24.8 Å². The van der Waals surface area contributed by atoms with Crippen LogP contribution < -0.4 is 9.64 Å². The highest BCUT2D eigenvalue weighted by molar-refractivity contribution is 5.41. The molecule has 1 aromatic carbocycles. The van der Waals surface area contributed by atoms with Crippen LogP contribution in [0.15, 0.2) is 30.3 Å². The number of rotatable bonds is 3. The summed E-state index contributed by atoms with van der Waals surface area (Å²) in [6, 6.07) is 8.01. The van der Waals surface area contributed by atoms with Crippen molar-refractivity contribution in [3.05, 3.63) is 47.4 Å². The standard InChI is InChI=1S/C16H18FN3O2/c1-10-6-15(22-2)19-16(18-10)20-9-13(21)8-14(20)11-4-3-5-12(17)7-11/h3-7,13-14,21H,8-9H2,1-2H3/t13-,14-/m0/s1. The van der Waals surface area contributed by atoms with Crippen molar-refractivity contribution in [3.63, 3.8) is 0 Å². The van der Waals surface area contributed by atoms with Crippen LogP contribution in [-0.2, 0) is 0 Å². The summed E-state index contributed by atoms with van der Waals surface area (Å²) in [7, 11) is 1.55. The number of hydrogen-bond donors (Lipinski definition) is 1. The Labute approximate surface area is 128 Å². The van der Waals surface area contributed by atoms with Gasteiger partial charge in [0, 0.05) is 18.3 Å². The Morgan fingerprint density at radius 1 is 1.32 bits per heavy atom. The highest BCUT2D eigenvalue weighted by atomic mass is 19.1. The molecule has 6 heteroatoms. The molecule has 0 spiro atoms. The third kappa shape index (κ3) is 2.87. The number of halogens is 1. The van der Waals surface area contributed by atoms with E-state index in [1.807, 2.05) is 17.9 Å². The van der Waals surface area contributed by atoms with Gasteiger partial charge in [-0.05, 0) is 31.0 Å². The van der Waals surface area contributed by atoms with E-state index in [1.165, 1.54) is 12.1 Å². The monoisotopic (exact) mass is 303 g/mol. The lowest BCUT2D eigenvalue weighted by atomic mass is 10.0. The first-order valence-corrected chi connectivity index (χ1v) is 7.16. The number of hydrogen-bond acceptors (Lipinski definition) is 5. The van der Waals surface area contributed by atoms with Crippen LogP contribution in [-0.4, -0.2) is 34.8 Å². The molecule has 0 bridgehead atoms. The molecule has 0 amide bonds. The SMILES string of the molecule is COc1cc(C)nc(N2C[C@@H](O)C[C@H]2c2cccc(F)c2)n1. The predicted molar refractivity (Wildman–Crippen MR) is 80.4 cm³/mol. The van der Waals surface area contributed by atoms with E-state index >= 15 is 0 Å². The van der Waals surface area contributed by atoms with Gasteiger partial charge in [0.05, 0.1) is 19.3 Å². The summed E-state index contributed by atoms with van der Waals surface area (Å²) in [5.74, 6) is 0.672. The lowest BCUT2D eigenvalue weighted by molar-refractivity contribution is 0.194. The first-order valence-electron chi connectivity index (χ1n) is 7.16. The normalized spacial score (nSPS) is 21.2. The van der Waals surface area contributed by atoms with Crippen LogP contribution in [0.4, 0.5) is 10.3 Å². The minimum atomic E-state index is -0.497. The molecule has 0 unspecified atom stereocenters. The summed E-state index contributed by atoms with van der Waals surface area (Å²) in [5, 5.41) is 10.0. The molecule has 0 aliphatic carbocycles. The molecule has 3 rings (SSSR count). The van der Waals surface area contributed by atoms with Crippen molar-refractivity contribution in [1.29, 1.82) is 0 Å². The molecule has 2 aromatic rings. The fourth-order valence-electron chi connectivity index (χ4n) is 2.82. The third-order valence-corrected chi connectivity index (χ3v) is 3.80. The van der Waals surface area contributed by atoms with E-state index in [1.54, 1.807) is 19.2 Å². The van der Waals surface area contributed by atoms with E-state index in [4.69, 9.17) is 4.74 Å². The molecule has 1 saturated heterocycles. The zero-order chi connectivity index (χ0) is 15.7. The van der Waals surface area contributed by atoms with Gasteiger partial charge in [-0.25, -0.2) is 9.37 Å². The van der Waals surface area contributed by atoms with Gasteiger partial charge >= 0.3 is 0 Å².